The normalized spacial score (nSPS) is 17.0. The molecule has 0 amide bonds. The Hall–Kier alpha value is -4.09. The Bertz CT molecular complexity index is 1650. The van der Waals surface area contributed by atoms with Gasteiger partial charge in [-0.3, -0.25) is 9.71 Å². The van der Waals surface area contributed by atoms with Gasteiger partial charge in [0.1, 0.15) is 11.5 Å². The summed E-state index contributed by atoms with van der Waals surface area (Å²) in [5, 5.41) is 3.98. The van der Waals surface area contributed by atoms with Gasteiger partial charge in [0.25, 0.3) is 0 Å². The summed E-state index contributed by atoms with van der Waals surface area (Å²) in [7, 11) is -0.398. The predicted molar refractivity (Wildman–Crippen MR) is 161 cm³/mol. The van der Waals surface area contributed by atoms with Crippen molar-refractivity contribution >= 4 is 38.7 Å². The van der Waals surface area contributed by atoms with E-state index in [0.717, 1.165) is 40.3 Å². The quantitative estimate of drug-likeness (QED) is 0.281. The fraction of sp³-hybridized carbons (Fsp3) is 0.241. The van der Waals surface area contributed by atoms with E-state index in [-0.39, 0.29) is 12.1 Å². The molecule has 0 spiro atoms. The van der Waals surface area contributed by atoms with Crippen LogP contribution in [0.2, 0.25) is 0 Å². The number of thiocarbonyl (C=S) groups is 1. The van der Waals surface area contributed by atoms with E-state index in [4.69, 9.17) is 21.7 Å². The van der Waals surface area contributed by atoms with Gasteiger partial charge >= 0.3 is 0 Å². The smallest absolute Gasteiger partial charge is 0.229 e. The summed E-state index contributed by atoms with van der Waals surface area (Å²) in [6.07, 6.45) is 2.87. The topological polar surface area (TPSA) is 97.7 Å². The highest BCUT2D eigenvalue weighted by atomic mass is 32.2. The first-order valence-electron chi connectivity index (χ1n) is 12.6. The van der Waals surface area contributed by atoms with Crippen LogP contribution in [-0.4, -0.2) is 43.6 Å². The van der Waals surface area contributed by atoms with E-state index in [1.165, 1.54) is 7.11 Å². The zero-order chi connectivity index (χ0) is 28.6. The average Bonchev–Trinajstić information content (AvgIpc) is 3.43. The maximum absolute atomic E-state index is 12.1. The summed E-state index contributed by atoms with van der Waals surface area (Å²) in [5.74, 6) is 1.19. The van der Waals surface area contributed by atoms with Crippen molar-refractivity contribution in [1.82, 2.24) is 14.9 Å². The summed E-state index contributed by atoms with van der Waals surface area (Å²) in [4.78, 5) is 6.66. The molecule has 1 aliphatic rings. The zero-order valence-corrected chi connectivity index (χ0v) is 24.5. The molecule has 0 bridgehead atoms. The van der Waals surface area contributed by atoms with Crippen molar-refractivity contribution in [2.75, 3.05) is 30.1 Å². The predicted octanol–water partition coefficient (Wildman–Crippen LogP) is 5.05. The second kappa shape index (κ2) is 10.8. The monoisotopic (exact) mass is 577 g/mol. The molecule has 0 saturated carbocycles. The second-order valence-corrected chi connectivity index (χ2v) is 11.8. The number of methoxy groups -OCH3 is 2. The van der Waals surface area contributed by atoms with E-state index in [2.05, 4.69) is 39.5 Å². The van der Waals surface area contributed by atoms with Crippen molar-refractivity contribution in [3.8, 4) is 17.2 Å². The van der Waals surface area contributed by atoms with E-state index in [1.54, 1.807) is 25.4 Å². The Balaban J connectivity index is 1.67. The average molecular weight is 578 g/mol. The van der Waals surface area contributed by atoms with Gasteiger partial charge in [0.2, 0.25) is 10.0 Å². The van der Waals surface area contributed by atoms with Gasteiger partial charge in [-0.1, -0.05) is 6.07 Å². The molecule has 1 saturated heterocycles. The molecule has 9 nitrogen and oxygen atoms in total. The summed E-state index contributed by atoms with van der Waals surface area (Å²) < 4.78 is 39.8. The van der Waals surface area contributed by atoms with Crippen molar-refractivity contribution in [2.24, 2.45) is 0 Å². The van der Waals surface area contributed by atoms with Crippen LogP contribution >= 0.6 is 12.2 Å². The van der Waals surface area contributed by atoms with E-state index in [0.29, 0.717) is 22.2 Å². The van der Waals surface area contributed by atoms with Crippen LogP contribution in [0.25, 0.3) is 5.69 Å². The lowest BCUT2D eigenvalue weighted by molar-refractivity contribution is 0.414. The van der Waals surface area contributed by atoms with Crippen molar-refractivity contribution in [2.45, 2.75) is 25.9 Å². The molecule has 5 rings (SSSR count). The van der Waals surface area contributed by atoms with Crippen LogP contribution in [0.4, 0.5) is 11.4 Å². The lowest BCUT2D eigenvalue weighted by atomic mass is 9.96. The number of ether oxygens (including phenoxy) is 2. The number of sulfonamides is 1. The maximum Gasteiger partial charge on any atom is 0.229 e. The molecule has 2 aromatic carbocycles. The number of rotatable bonds is 8. The van der Waals surface area contributed by atoms with Gasteiger partial charge in [-0.05, 0) is 92.3 Å². The molecular formula is C29H31N5O4S2. The minimum absolute atomic E-state index is 0.257. The minimum Gasteiger partial charge on any atom is -0.497 e. The van der Waals surface area contributed by atoms with Gasteiger partial charge in [0, 0.05) is 29.0 Å². The molecular weight excluding hydrogens is 546 g/mol. The Kier molecular flexibility index (Phi) is 7.43. The fourth-order valence-corrected chi connectivity index (χ4v) is 6.19. The van der Waals surface area contributed by atoms with Crippen molar-refractivity contribution in [1.29, 1.82) is 0 Å². The largest absolute Gasteiger partial charge is 0.497 e. The molecule has 1 aliphatic heterocycles. The van der Waals surface area contributed by atoms with Crippen molar-refractivity contribution in [3.63, 3.8) is 0 Å². The highest BCUT2D eigenvalue weighted by molar-refractivity contribution is 7.92. The molecule has 2 N–H and O–H groups in total. The fourth-order valence-electron chi connectivity index (χ4n) is 5.29. The zero-order valence-electron chi connectivity index (χ0n) is 22.9. The molecule has 4 aromatic rings. The van der Waals surface area contributed by atoms with Crippen LogP contribution in [0.1, 0.15) is 34.7 Å². The number of nitrogens with one attached hydrogen (secondary N) is 2. The lowest BCUT2D eigenvalue weighted by Crippen LogP contribution is -2.29. The molecule has 208 valence electrons. The summed E-state index contributed by atoms with van der Waals surface area (Å²) >= 11 is 5.89. The van der Waals surface area contributed by atoms with E-state index >= 15 is 0 Å². The number of benzene rings is 2. The standard InChI is InChI=1S/C29H31N5O4S2/c1-18-16-23(19(2)33(18)20-9-12-22(37-3)13-10-20)28-27(24-8-6-7-15-30-24)31-29(39)34(28)21-11-14-26(38-4)25(17-21)32-40(5,35)36/h6-17,27-28,32H,1-5H3,(H,31,39)/t27-,28+/m0/s1. The molecule has 2 atom stereocenters. The highest BCUT2D eigenvalue weighted by Gasteiger charge is 2.42. The molecule has 0 aliphatic carbocycles. The number of nitrogens with zero attached hydrogens (tertiary/aromatic N) is 3. The van der Waals surface area contributed by atoms with Crippen LogP contribution in [0.5, 0.6) is 11.5 Å². The Labute approximate surface area is 239 Å². The number of pyridine rings is 1. The summed E-state index contributed by atoms with van der Waals surface area (Å²) in [5.41, 5.74) is 6.06. The van der Waals surface area contributed by atoms with Crippen molar-refractivity contribution in [3.05, 3.63) is 95.6 Å². The molecule has 0 unspecified atom stereocenters. The molecule has 3 heterocycles. The number of hydrogen-bond donors (Lipinski definition) is 2. The second-order valence-electron chi connectivity index (χ2n) is 9.62. The van der Waals surface area contributed by atoms with Gasteiger partial charge in [0.15, 0.2) is 5.11 Å². The van der Waals surface area contributed by atoms with E-state index in [1.807, 2.05) is 53.4 Å². The van der Waals surface area contributed by atoms with Gasteiger partial charge in [-0.15, -0.1) is 0 Å². The molecule has 40 heavy (non-hydrogen) atoms. The van der Waals surface area contributed by atoms with E-state index < -0.39 is 10.0 Å². The SMILES string of the molecule is COc1ccc(-n2c(C)cc([C@@H]3[C@H](c4ccccn4)NC(=S)N3c3ccc(OC)c(NS(C)(=O)=O)c3)c2C)cc1. The Morgan fingerprint density at radius 2 is 1.70 bits per heavy atom. The molecule has 1 fully saturated rings. The van der Waals surface area contributed by atoms with Gasteiger partial charge < -0.3 is 24.3 Å². The molecule has 2 aromatic heterocycles. The highest BCUT2D eigenvalue weighted by Crippen LogP contribution is 2.45. The first-order chi connectivity index (χ1) is 19.1. The van der Waals surface area contributed by atoms with Crippen molar-refractivity contribution < 1.29 is 17.9 Å². The number of anilines is 2. The van der Waals surface area contributed by atoms with Crippen LogP contribution in [0.3, 0.4) is 0 Å². The first kappa shape index (κ1) is 27.5. The van der Waals surface area contributed by atoms with Crippen LogP contribution in [0.15, 0.2) is 72.9 Å². The summed E-state index contributed by atoms with van der Waals surface area (Å²) in [6.45, 7) is 4.16. The minimum atomic E-state index is -3.55. The van der Waals surface area contributed by atoms with Gasteiger partial charge in [0.05, 0.1) is 43.9 Å². The van der Waals surface area contributed by atoms with Gasteiger partial charge in [-0.25, -0.2) is 8.42 Å². The molecule has 11 heteroatoms. The van der Waals surface area contributed by atoms with Crippen LogP contribution in [0, 0.1) is 13.8 Å². The first-order valence-corrected chi connectivity index (χ1v) is 14.9. The maximum atomic E-state index is 12.1. The third-order valence-corrected chi connectivity index (χ3v) is 7.88. The van der Waals surface area contributed by atoms with Crippen LogP contribution < -0.4 is 24.4 Å². The number of hydrogen-bond acceptors (Lipinski definition) is 6. The third-order valence-electron chi connectivity index (χ3n) is 6.97. The lowest BCUT2D eigenvalue weighted by Gasteiger charge is -2.29. The van der Waals surface area contributed by atoms with Crippen LogP contribution in [-0.2, 0) is 10.0 Å². The molecule has 0 radical (unpaired) electrons. The van der Waals surface area contributed by atoms with Gasteiger partial charge in [-0.2, -0.15) is 0 Å². The summed E-state index contributed by atoms with van der Waals surface area (Å²) in [6, 6.07) is 20.7. The van der Waals surface area contributed by atoms with E-state index in [9.17, 15) is 8.42 Å². The Morgan fingerprint density at radius 3 is 2.33 bits per heavy atom. The number of aryl methyl sites for hydroxylation is 1. The Morgan fingerprint density at radius 1 is 0.975 bits per heavy atom. The number of aromatic nitrogens is 2. The third kappa shape index (κ3) is 5.22.